The second-order valence-corrected chi connectivity index (χ2v) is 5.35. The van der Waals surface area contributed by atoms with Crippen molar-refractivity contribution in [2.45, 2.75) is 6.92 Å². The van der Waals surface area contributed by atoms with Crippen LogP contribution in [0.3, 0.4) is 0 Å². The number of amides is 1. The topological polar surface area (TPSA) is 73.6 Å². The highest BCUT2D eigenvalue weighted by Crippen LogP contribution is 2.41. The third kappa shape index (κ3) is 3.33. The fraction of sp³-hybridized carbons (Fsp3) is 0.158. The van der Waals surface area contributed by atoms with Crippen LogP contribution in [0.1, 0.15) is 6.92 Å². The molecule has 0 saturated carbocycles. The van der Waals surface area contributed by atoms with Gasteiger partial charge in [0.1, 0.15) is 5.69 Å². The van der Waals surface area contributed by atoms with Crippen LogP contribution in [-0.2, 0) is 4.79 Å². The van der Waals surface area contributed by atoms with Crippen LogP contribution in [-0.4, -0.2) is 25.3 Å². The van der Waals surface area contributed by atoms with E-state index in [2.05, 4.69) is 10.5 Å². The van der Waals surface area contributed by atoms with Crippen molar-refractivity contribution in [3.05, 3.63) is 48.5 Å². The maximum absolute atomic E-state index is 11.5. The fourth-order valence-electron chi connectivity index (χ4n) is 2.59. The number of carbonyl (C=O) groups is 1. The molecule has 0 fully saturated rings. The van der Waals surface area contributed by atoms with Gasteiger partial charge < -0.3 is 14.0 Å². The van der Waals surface area contributed by atoms with Crippen molar-refractivity contribution >= 4 is 11.8 Å². The number of nitrogens with zero attached hydrogens (tertiary/aromatic N) is 1. The molecule has 0 bridgehead atoms. The molecule has 0 aliphatic carbocycles. The van der Waals surface area contributed by atoms with Crippen molar-refractivity contribution in [1.82, 2.24) is 5.16 Å². The summed E-state index contributed by atoms with van der Waals surface area (Å²) in [5.41, 5.74) is 2.99. The van der Waals surface area contributed by atoms with Gasteiger partial charge in [0.15, 0.2) is 11.5 Å². The number of nitrogens with one attached hydrogen (secondary N) is 1. The van der Waals surface area contributed by atoms with E-state index in [-0.39, 0.29) is 5.91 Å². The van der Waals surface area contributed by atoms with E-state index in [0.717, 1.165) is 11.1 Å². The van der Waals surface area contributed by atoms with Crippen LogP contribution in [0.15, 0.2) is 53.1 Å². The quantitative estimate of drug-likeness (QED) is 0.761. The van der Waals surface area contributed by atoms with Gasteiger partial charge in [-0.1, -0.05) is 41.6 Å². The smallest absolute Gasteiger partial charge is 0.239 e. The third-order valence-corrected chi connectivity index (χ3v) is 3.70. The van der Waals surface area contributed by atoms with Gasteiger partial charge in [0.25, 0.3) is 0 Å². The van der Waals surface area contributed by atoms with Crippen molar-refractivity contribution in [1.29, 1.82) is 0 Å². The molecule has 1 amide bonds. The number of methoxy groups -OCH3 is 2. The van der Waals surface area contributed by atoms with Gasteiger partial charge in [-0.05, 0) is 17.7 Å². The number of carbonyl (C=O) groups excluding carboxylic acids is 1. The Labute approximate surface area is 145 Å². The van der Waals surface area contributed by atoms with Gasteiger partial charge in [0, 0.05) is 12.5 Å². The van der Waals surface area contributed by atoms with E-state index in [9.17, 15) is 4.79 Å². The summed E-state index contributed by atoms with van der Waals surface area (Å²) in [6, 6.07) is 15.1. The molecule has 0 radical (unpaired) electrons. The van der Waals surface area contributed by atoms with Crippen molar-refractivity contribution in [3.8, 4) is 33.9 Å². The molecule has 0 saturated heterocycles. The molecular weight excluding hydrogens is 320 g/mol. The first kappa shape index (κ1) is 16.6. The van der Waals surface area contributed by atoms with Gasteiger partial charge >= 0.3 is 0 Å². The summed E-state index contributed by atoms with van der Waals surface area (Å²) in [4.78, 5) is 11.5. The number of benzene rings is 2. The van der Waals surface area contributed by atoms with Crippen molar-refractivity contribution in [3.63, 3.8) is 0 Å². The fourth-order valence-corrected chi connectivity index (χ4v) is 2.59. The third-order valence-electron chi connectivity index (χ3n) is 3.70. The largest absolute Gasteiger partial charge is 0.493 e. The highest BCUT2D eigenvalue weighted by molar-refractivity contribution is 5.96. The van der Waals surface area contributed by atoms with Gasteiger partial charge in [-0.25, -0.2) is 0 Å². The number of aromatic nitrogens is 1. The zero-order valence-electron chi connectivity index (χ0n) is 14.2. The van der Waals surface area contributed by atoms with Crippen LogP contribution in [0.4, 0.5) is 5.88 Å². The molecule has 128 valence electrons. The molecule has 1 heterocycles. The molecule has 0 aliphatic heterocycles. The van der Waals surface area contributed by atoms with E-state index in [1.807, 2.05) is 42.5 Å². The van der Waals surface area contributed by atoms with Crippen molar-refractivity contribution in [2.75, 3.05) is 19.5 Å². The Bertz CT molecular complexity index is 888. The number of anilines is 1. The van der Waals surface area contributed by atoms with Crippen LogP contribution in [0.5, 0.6) is 11.5 Å². The number of hydrogen-bond donors (Lipinski definition) is 1. The van der Waals surface area contributed by atoms with Crippen LogP contribution >= 0.6 is 0 Å². The lowest BCUT2D eigenvalue weighted by molar-refractivity contribution is -0.114. The van der Waals surface area contributed by atoms with Crippen LogP contribution < -0.4 is 14.8 Å². The molecule has 2 aromatic carbocycles. The minimum Gasteiger partial charge on any atom is -0.493 e. The number of hydrogen-bond acceptors (Lipinski definition) is 5. The predicted octanol–water partition coefficient (Wildman–Crippen LogP) is 3.98. The molecule has 0 unspecified atom stereocenters. The van der Waals surface area contributed by atoms with E-state index in [1.165, 1.54) is 6.92 Å². The summed E-state index contributed by atoms with van der Waals surface area (Å²) in [5.74, 6) is 1.25. The first-order chi connectivity index (χ1) is 12.1. The van der Waals surface area contributed by atoms with E-state index in [0.29, 0.717) is 28.6 Å². The summed E-state index contributed by atoms with van der Waals surface area (Å²) in [7, 11) is 3.15. The summed E-state index contributed by atoms with van der Waals surface area (Å²) >= 11 is 0. The molecule has 1 aromatic heterocycles. The Kier molecular flexibility index (Phi) is 4.70. The Morgan fingerprint density at radius 2 is 1.72 bits per heavy atom. The molecule has 25 heavy (non-hydrogen) atoms. The molecule has 3 rings (SSSR count). The Hall–Kier alpha value is -3.28. The van der Waals surface area contributed by atoms with Crippen molar-refractivity contribution < 1.29 is 18.8 Å². The van der Waals surface area contributed by atoms with Gasteiger partial charge in [0.2, 0.25) is 11.8 Å². The summed E-state index contributed by atoms with van der Waals surface area (Å²) < 4.78 is 16.1. The van der Waals surface area contributed by atoms with Gasteiger partial charge in [0.05, 0.1) is 19.8 Å². The first-order valence-electron chi connectivity index (χ1n) is 7.69. The molecule has 0 spiro atoms. The highest BCUT2D eigenvalue weighted by atomic mass is 16.5. The number of rotatable bonds is 5. The lowest BCUT2D eigenvalue weighted by Gasteiger charge is -2.10. The average molecular weight is 338 g/mol. The molecule has 1 N–H and O–H groups in total. The van der Waals surface area contributed by atoms with Gasteiger partial charge in [-0.3, -0.25) is 10.1 Å². The summed E-state index contributed by atoms with van der Waals surface area (Å²) in [6.07, 6.45) is 0. The van der Waals surface area contributed by atoms with Crippen LogP contribution in [0.25, 0.3) is 22.4 Å². The minimum absolute atomic E-state index is 0.238. The van der Waals surface area contributed by atoms with Gasteiger partial charge in [-0.2, -0.15) is 0 Å². The predicted molar refractivity (Wildman–Crippen MR) is 94.8 cm³/mol. The maximum Gasteiger partial charge on any atom is 0.239 e. The zero-order chi connectivity index (χ0) is 17.8. The van der Waals surface area contributed by atoms with E-state index in [1.54, 1.807) is 20.3 Å². The molecule has 0 aliphatic rings. The Morgan fingerprint density at radius 3 is 2.36 bits per heavy atom. The Morgan fingerprint density at radius 1 is 1.00 bits per heavy atom. The minimum atomic E-state index is -0.238. The molecule has 6 nitrogen and oxygen atoms in total. The summed E-state index contributed by atoms with van der Waals surface area (Å²) in [6.45, 7) is 1.42. The monoisotopic (exact) mass is 338 g/mol. The SMILES string of the molecule is COc1ccc(-c2c(-c3ccccc3)noc2NC(C)=O)cc1OC. The highest BCUT2D eigenvalue weighted by Gasteiger charge is 2.21. The summed E-state index contributed by atoms with van der Waals surface area (Å²) in [5, 5.41) is 6.84. The molecule has 0 atom stereocenters. The first-order valence-corrected chi connectivity index (χ1v) is 7.69. The van der Waals surface area contributed by atoms with E-state index >= 15 is 0 Å². The molecule has 3 aromatic rings. The Balaban J connectivity index is 2.19. The van der Waals surface area contributed by atoms with Gasteiger partial charge in [-0.15, -0.1) is 0 Å². The normalized spacial score (nSPS) is 10.4. The molecule has 6 heteroatoms. The maximum atomic E-state index is 11.5. The lowest BCUT2D eigenvalue weighted by Crippen LogP contribution is -2.05. The standard InChI is InChI=1S/C19H18N2O4/c1-12(22)20-19-17(14-9-10-15(23-2)16(11-14)24-3)18(21-25-19)13-7-5-4-6-8-13/h4-11H,1-3H3,(H,20,22). The van der Waals surface area contributed by atoms with Crippen LogP contribution in [0.2, 0.25) is 0 Å². The lowest BCUT2D eigenvalue weighted by atomic mass is 10.0. The average Bonchev–Trinajstić information content (AvgIpc) is 3.04. The van der Waals surface area contributed by atoms with E-state index in [4.69, 9.17) is 14.0 Å². The van der Waals surface area contributed by atoms with Crippen molar-refractivity contribution in [2.24, 2.45) is 0 Å². The second kappa shape index (κ2) is 7.09. The second-order valence-electron chi connectivity index (χ2n) is 5.35. The van der Waals surface area contributed by atoms with E-state index < -0.39 is 0 Å². The van der Waals surface area contributed by atoms with Crippen LogP contribution in [0, 0.1) is 0 Å². The molecular formula is C19H18N2O4. The number of ether oxygens (including phenoxy) is 2. The zero-order valence-corrected chi connectivity index (χ0v) is 14.2.